The summed E-state index contributed by atoms with van der Waals surface area (Å²) in [5.41, 5.74) is 2.42. The van der Waals surface area contributed by atoms with Crippen LogP contribution in [0.1, 0.15) is 17.3 Å². The second-order valence-electron chi connectivity index (χ2n) is 4.64. The molecule has 0 radical (unpaired) electrons. The van der Waals surface area contributed by atoms with Crippen molar-refractivity contribution in [3.63, 3.8) is 0 Å². The molecule has 0 saturated carbocycles. The average molecular weight is 306 g/mol. The molecule has 0 amide bonds. The van der Waals surface area contributed by atoms with E-state index in [-0.39, 0.29) is 6.61 Å². The van der Waals surface area contributed by atoms with E-state index < -0.39 is 5.97 Å². The van der Waals surface area contributed by atoms with Gasteiger partial charge in [0.15, 0.2) is 0 Å². The van der Waals surface area contributed by atoms with E-state index >= 15 is 0 Å². The molecule has 3 aromatic rings. The van der Waals surface area contributed by atoms with E-state index in [0.717, 1.165) is 0 Å². The number of hydrogen-bond acceptors (Lipinski definition) is 6. The molecule has 0 atom stereocenters. The van der Waals surface area contributed by atoms with Crippen molar-refractivity contribution in [2.75, 3.05) is 6.61 Å². The fourth-order valence-corrected chi connectivity index (χ4v) is 2.09. The first-order chi connectivity index (χ1) is 11.3. The van der Waals surface area contributed by atoms with E-state index in [1.54, 1.807) is 43.6 Å². The van der Waals surface area contributed by atoms with Gasteiger partial charge in [-0.05, 0) is 37.3 Å². The molecular formula is C17H14N4O2. The lowest BCUT2D eigenvalue weighted by atomic mass is 10.1. The zero-order valence-electron chi connectivity index (χ0n) is 12.5. The third kappa shape index (κ3) is 3.21. The Morgan fingerprint density at radius 1 is 0.957 bits per heavy atom. The second kappa shape index (κ2) is 6.74. The van der Waals surface area contributed by atoms with Crippen LogP contribution in [0.15, 0.2) is 54.9 Å². The lowest BCUT2D eigenvalue weighted by molar-refractivity contribution is 0.0526. The van der Waals surface area contributed by atoms with Crippen molar-refractivity contribution in [2.24, 2.45) is 0 Å². The Labute approximate surface area is 133 Å². The molecule has 0 fully saturated rings. The topological polar surface area (TPSA) is 77.9 Å². The average Bonchev–Trinajstić information content (AvgIpc) is 2.63. The number of rotatable bonds is 4. The summed E-state index contributed by atoms with van der Waals surface area (Å²) in [6, 6.07) is 12.5. The molecule has 0 saturated heterocycles. The van der Waals surface area contributed by atoms with Crippen molar-refractivity contribution in [1.29, 1.82) is 0 Å². The summed E-state index contributed by atoms with van der Waals surface area (Å²) in [6.07, 6.45) is 3.30. The maximum Gasteiger partial charge on any atom is 0.340 e. The van der Waals surface area contributed by atoms with Crippen molar-refractivity contribution in [1.82, 2.24) is 20.2 Å². The van der Waals surface area contributed by atoms with Gasteiger partial charge in [-0.15, -0.1) is 10.2 Å². The molecule has 3 aromatic heterocycles. The van der Waals surface area contributed by atoms with Crippen molar-refractivity contribution in [2.45, 2.75) is 6.92 Å². The predicted molar refractivity (Wildman–Crippen MR) is 84.5 cm³/mol. The summed E-state index contributed by atoms with van der Waals surface area (Å²) in [5.74, 6) is -0.458. The number of pyridine rings is 2. The number of aromatic nitrogens is 4. The van der Waals surface area contributed by atoms with Gasteiger partial charge >= 0.3 is 5.97 Å². The molecular weight excluding hydrogens is 292 g/mol. The van der Waals surface area contributed by atoms with Crippen molar-refractivity contribution in [3.8, 4) is 22.8 Å². The summed E-state index contributed by atoms with van der Waals surface area (Å²) in [5, 5.41) is 8.34. The lowest BCUT2D eigenvalue weighted by Gasteiger charge is -2.08. The molecule has 3 heterocycles. The van der Waals surface area contributed by atoms with Crippen LogP contribution in [-0.2, 0) is 4.74 Å². The van der Waals surface area contributed by atoms with Crippen molar-refractivity contribution >= 4 is 5.97 Å². The molecule has 0 aromatic carbocycles. The van der Waals surface area contributed by atoms with Crippen LogP contribution in [0.4, 0.5) is 0 Å². The normalized spacial score (nSPS) is 10.3. The molecule has 3 rings (SSSR count). The monoisotopic (exact) mass is 306 g/mol. The summed E-state index contributed by atoms with van der Waals surface area (Å²) >= 11 is 0. The van der Waals surface area contributed by atoms with Gasteiger partial charge in [-0.2, -0.15) is 0 Å². The van der Waals surface area contributed by atoms with E-state index in [1.807, 2.05) is 18.2 Å². The number of ether oxygens (including phenoxy) is 1. The minimum Gasteiger partial charge on any atom is -0.462 e. The van der Waals surface area contributed by atoms with Crippen molar-refractivity contribution in [3.05, 3.63) is 60.4 Å². The van der Waals surface area contributed by atoms with Gasteiger partial charge in [0.05, 0.1) is 23.6 Å². The van der Waals surface area contributed by atoms with E-state index in [0.29, 0.717) is 28.3 Å². The van der Waals surface area contributed by atoms with Crippen LogP contribution in [0.25, 0.3) is 22.8 Å². The van der Waals surface area contributed by atoms with Crippen LogP contribution in [0.2, 0.25) is 0 Å². The highest BCUT2D eigenvalue weighted by atomic mass is 16.5. The third-order valence-corrected chi connectivity index (χ3v) is 3.12. The summed E-state index contributed by atoms with van der Waals surface area (Å²) in [7, 11) is 0. The van der Waals surface area contributed by atoms with Crippen LogP contribution in [-0.4, -0.2) is 32.7 Å². The Bertz CT molecular complexity index is 807. The highest BCUT2D eigenvalue weighted by Crippen LogP contribution is 2.23. The molecule has 114 valence electrons. The highest BCUT2D eigenvalue weighted by molar-refractivity contribution is 5.96. The zero-order chi connectivity index (χ0) is 16.1. The smallest absolute Gasteiger partial charge is 0.340 e. The van der Waals surface area contributed by atoms with Crippen LogP contribution in [0.5, 0.6) is 0 Å². The minimum absolute atomic E-state index is 0.279. The Kier molecular flexibility index (Phi) is 4.33. The molecule has 0 aliphatic rings. The van der Waals surface area contributed by atoms with Gasteiger partial charge in [0, 0.05) is 12.4 Å². The van der Waals surface area contributed by atoms with Gasteiger partial charge in [-0.3, -0.25) is 9.97 Å². The van der Waals surface area contributed by atoms with E-state index in [9.17, 15) is 4.79 Å². The van der Waals surface area contributed by atoms with Crippen LogP contribution >= 0.6 is 0 Å². The maximum absolute atomic E-state index is 12.3. The number of nitrogens with zero attached hydrogens (tertiary/aromatic N) is 4. The lowest BCUT2D eigenvalue weighted by Crippen LogP contribution is -2.10. The maximum atomic E-state index is 12.3. The number of carbonyl (C=O) groups is 1. The SMILES string of the molecule is CCOC(=O)c1cc(-c2ccccn2)nnc1-c1ccccn1. The summed E-state index contributed by atoms with van der Waals surface area (Å²) < 4.78 is 5.13. The fraction of sp³-hybridized carbons (Fsp3) is 0.118. The first kappa shape index (κ1) is 14.8. The van der Waals surface area contributed by atoms with Gasteiger partial charge in [0.1, 0.15) is 11.4 Å². The molecule has 23 heavy (non-hydrogen) atoms. The summed E-state index contributed by atoms with van der Waals surface area (Å²) in [6.45, 7) is 2.04. The first-order valence-corrected chi connectivity index (χ1v) is 7.17. The van der Waals surface area contributed by atoms with E-state index in [2.05, 4.69) is 20.2 Å². The highest BCUT2D eigenvalue weighted by Gasteiger charge is 2.19. The second-order valence-corrected chi connectivity index (χ2v) is 4.64. The standard InChI is InChI=1S/C17H14N4O2/c1-2-23-17(22)12-11-15(13-7-3-5-9-18-13)20-21-16(12)14-8-4-6-10-19-14/h3-11H,2H2,1H3. The molecule has 0 aliphatic heterocycles. The number of esters is 1. The van der Waals surface area contributed by atoms with E-state index in [4.69, 9.17) is 4.74 Å². The molecule has 0 unspecified atom stereocenters. The van der Waals surface area contributed by atoms with Crippen molar-refractivity contribution < 1.29 is 9.53 Å². The number of hydrogen-bond donors (Lipinski definition) is 0. The third-order valence-electron chi connectivity index (χ3n) is 3.12. The Morgan fingerprint density at radius 2 is 1.65 bits per heavy atom. The Balaban J connectivity index is 2.12. The van der Waals surface area contributed by atoms with Gasteiger partial charge in [0.2, 0.25) is 0 Å². The molecule has 0 bridgehead atoms. The summed E-state index contributed by atoms with van der Waals surface area (Å²) in [4.78, 5) is 20.7. The van der Waals surface area contributed by atoms with Crippen LogP contribution in [0, 0.1) is 0 Å². The molecule has 6 nitrogen and oxygen atoms in total. The van der Waals surface area contributed by atoms with Gasteiger partial charge < -0.3 is 4.74 Å². The molecule has 6 heteroatoms. The van der Waals surface area contributed by atoms with Gasteiger partial charge in [0.25, 0.3) is 0 Å². The molecule has 0 spiro atoms. The Hall–Kier alpha value is -3.15. The van der Waals surface area contributed by atoms with Gasteiger partial charge in [-0.1, -0.05) is 12.1 Å². The van der Waals surface area contributed by atoms with Crippen LogP contribution in [0.3, 0.4) is 0 Å². The largest absolute Gasteiger partial charge is 0.462 e. The Morgan fingerprint density at radius 3 is 2.26 bits per heavy atom. The fourth-order valence-electron chi connectivity index (χ4n) is 2.09. The minimum atomic E-state index is -0.458. The molecule has 0 N–H and O–H groups in total. The van der Waals surface area contributed by atoms with E-state index in [1.165, 1.54) is 0 Å². The molecule has 0 aliphatic carbocycles. The number of carbonyl (C=O) groups excluding carboxylic acids is 1. The first-order valence-electron chi connectivity index (χ1n) is 7.17. The van der Waals surface area contributed by atoms with Gasteiger partial charge in [-0.25, -0.2) is 4.79 Å². The van der Waals surface area contributed by atoms with Crippen LogP contribution < -0.4 is 0 Å². The quantitative estimate of drug-likeness (QED) is 0.690. The predicted octanol–water partition coefficient (Wildman–Crippen LogP) is 2.78. The zero-order valence-corrected chi connectivity index (χ0v) is 12.5.